The van der Waals surface area contributed by atoms with Crippen LogP contribution in [0.25, 0.3) is 5.65 Å². The molecule has 1 amide bonds. The predicted molar refractivity (Wildman–Crippen MR) is 112 cm³/mol. The van der Waals surface area contributed by atoms with Crippen molar-refractivity contribution in [2.45, 2.75) is 78.1 Å². The Hall–Kier alpha value is -2.37. The standard InChI is InChI=1S/C22H33N3O3/c1-3-4-5-6-7-8-9-10-11-12-14-23-20(26)19-21(27)24-18-16-17(2)13-15-25(18)22(19)28/h13,15-16,27H,3-12,14H2,1-2H3,(H,23,26). The summed E-state index contributed by atoms with van der Waals surface area (Å²) in [5.74, 6) is -1.09. The molecule has 154 valence electrons. The van der Waals surface area contributed by atoms with E-state index in [0.29, 0.717) is 12.2 Å². The lowest BCUT2D eigenvalue weighted by molar-refractivity contribution is 0.0947. The molecule has 0 aromatic carbocycles. The van der Waals surface area contributed by atoms with Crippen molar-refractivity contribution >= 4 is 11.6 Å². The zero-order chi connectivity index (χ0) is 20.4. The van der Waals surface area contributed by atoms with Gasteiger partial charge in [0.15, 0.2) is 5.56 Å². The first-order valence-electron chi connectivity index (χ1n) is 10.5. The molecular formula is C22H33N3O3. The lowest BCUT2D eigenvalue weighted by Gasteiger charge is -2.08. The summed E-state index contributed by atoms with van der Waals surface area (Å²) < 4.78 is 1.28. The second-order valence-corrected chi connectivity index (χ2v) is 7.49. The van der Waals surface area contributed by atoms with E-state index in [1.54, 1.807) is 18.3 Å². The molecule has 0 aliphatic carbocycles. The highest BCUT2D eigenvalue weighted by Gasteiger charge is 2.19. The van der Waals surface area contributed by atoms with Gasteiger partial charge < -0.3 is 10.4 Å². The Kier molecular flexibility index (Phi) is 8.98. The van der Waals surface area contributed by atoms with E-state index in [1.165, 1.54) is 49.3 Å². The summed E-state index contributed by atoms with van der Waals surface area (Å²) >= 11 is 0. The van der Waals surface area contributed by atoms with Gasteiger partial charge in [0.2, 0.25) is 5.88 Å². The maximum absolute atomic E-state index is 12.5. The number of aromatic hydroxyl groups is 1. The van der Waals surface area contributed by atoms with Gasteiger partial charge in [-0.2, -0.15) is 4.98 Å². The number of nitrogens with one attached hydrogen (secondary N) is 1. The van der Waals surface area contributed by atoms with Gasteiger partial charge >= 0.3 is 0 Å². The second kappa shape index (κ2) is 11.5. The smallest absolute Gasteiger partial charge is 0.274 e. The molecule has 2 aromatic heterocycles. The first-order valence-corrected chi connectivity index (χ1v) is 10.5. The number of hydrogen-bond donors (Lipinski definition) is 2. The summed E-state index contributed by atoms with van der Waals surface area (Å²) in [7, 11) is 0. The van der Waals surface area contributed by atoms with Gasteiger partial charge in [-0.15, -0.1) is 0 Å². The Balaban J connectivity index is 1.74. The topological polar surface area (TPSA) is 83.7 Å². The molecule has 28 heavy (non-hydrogen) atoms. The number of nitrogens with zero attached hydrogens (tertiary/aromatic N) is 2. The van der Waals surface area contributed by atoms with Gasteiger partial charge in [-0.3, -0.25) is 14.0 Å². The lowest BCUT2D eigenvalue weighted by Crippen LogP contribution is -2.32. The fourth-order valence-corrected chi connectivity index (χ4v) is 3.33. The normalized spacial score (nSPS) is 11.1. The minimum atomic E-state index is -0.569. The third-order valence-corrected chi connectivity index (χ3v) is 5.01. The van der Waals surface area contributed by atoms with Crippen LogP contribution >= 0.6 is 0 Å². The number of carbonyl (C=O) groups is 1. The number of pyridine rings is 1. The van der Waals surface area contributed by atoms with Crippen molar-refractivity contribution in [2.75, 3.05) is 6.54 Å². The molecule has 2 N–H and O–H groups in total. The van der Waals surface area contributed by atoms with E-state index < -0.39 is 17.3 Å². The van der Waals surface area contributed by atoms with Gasteiger partial charge in [0, 0.05) is 12.7 Å². The van der Waals surface area contributed by atoms with Gasteiger partial charge in [-0.25, -0.2) is 0 Å². The van der Waals surface area contributed by atoms with Crippen molar-refractivity contribution in [3.8, 4) is 5.88 Å². The molecule has 6 heteroatoms. The second-order valence-electron chi connectivity index (χ2n) is 7.49. The van der Waals surface area contributed by atoms with Gasteiger partial charge in [-0.05, 0) is 31.0 Å². The van der Waals surface area contributed by atoms with Crippen LogP contribution in [0.5, 0.6) is 5.88 Å². The monoisotopic (exact) mass is 387 g/mol. The highest BCUT2D eigenvalue weighted by molar-refractivity contribution is 5.96. The first kappa shape index (κ1) is 21.9. The molecule has 0 fully saturated rings. The average Bonchev–Trinajstić information content (AvgIpc) is 2.65. The number of hydrogen-bond acceptors (Lipinski definition) is 4. The van der Waals surface area contributed by atoms with Crippen molar-refractivity contribution in [3.63, 3.8) is 0 Å². The minimum Gasteiger partial charge on any atom is -0.493 e. The molecule has 0 saturated heterocycles. The lowest BCUT2D eigenvalue weighted by atomic mass is 10.1. The van der Waals surface area contributed by atoms with E-state index in [9.17, 15) is 14.7 Å². The van der Waals surface area contributed by atoms with Crippen LogP contribution in [0.4, 0.5) is 0 Å². The maximum atomic E-state index is 12.5. The third kappa shape index (κ3) is 6.36. The van der Waals surface area contributed by atoms with Gasteiger partial charge in [0.05, 0.1) is 0 Å². The zero-order valence-corrected chi connectivity index (χ0v) is 17.2. The van der Waals surface area contributed by atoms with Crippen LogP contribution in [-0.2, 0) is 0 Å². The summed E-state index contributed by atoms with van der Waals surface area (Å²) in [5.41, 5.74) is 0.398. The number of unbranched alkanes of at least 4 members (excludes halogenated alkanes) is 9. The maximum Gasteiger partial charge on any atom is 0.274 e. The van der Waals surface area contributed by atoms with Crippen LogP contribution in [-0.4, -0.2) is 26.9 Å². The Morgan fingerprint density at radius 1 is 1.07 bits per heavy atom. The molecule has 2 heterocycles. The number of carbonyl (C=O) groups excluding carboxylic acids is 1. The van der Waals surface area contributed by atoms with Crippen LogP contribution < -0.4 is 10.9 Å². The highest BCUT2D eigenvalue weighted by Crippen LogP contribution is 2.13. The van der Waals surface area contributed by atoms with Crippen LogP contribution in [0, 0.1) is 6.92 Å². The van der Waals surface area contributed by atoms with Gasteiger partial charge in [0.25, 0.3) is 11.5 Å². The number of fused-ring (bicyclic) bond motifs is 1. The molecule has 0 unspecified atom stereocenters. The third-order valence-electron chi connectivity index (χ3n) is 5.01. The number of rotatable bonds is 12. The van der Waals surface area contributed by atoms with Crippen molar-refractivity contribution in [3.05, 3.63) is 39.8 Å². The van der Waals surface area contributed by atoms with E-state index in [0.717, 1.165) is 24.8 Å². The van der Waals surface area contributed by atoms with Gasteiger partial charge in [-0.1, -0.05) is 64.7 Å². The summed E-state index contributed by atoms with van der Waals surface area (Å²) in [5, 5.41) is 12.8. The predicted octanol–water partition coefficient (Wildman–Crippen LogP) is 4.36. The average molecular weight is 388 g/mol. The Bertz CT molecular complexity index is 830. The van der Waals surface area contributed by atoms with Crippen molar-refractivity contribution in [1.82, 2.24) is 14.7 Å². The fraction of sp³-hybridized carbons (Fsp3) is 0.591. The van der Waals surface area contributed by atoms with E-state index in [1.807, 2.05) is 6.92 Å². The van der Waals surface area contributed by atoms with Crippen LogP contribution in [0.3, 0.4) is 0 Å². The molecule has 0 spiro atoms. The zero-order valence-electron chi connectivity index (χ0n) is 17.2. The highest BCUT2D eigenvalue weighted by atomic mass is 16.3. The summed E-state index contributed by atoms with van der Waals surface area (Å²) in [6.45, 7) is 4.59. The molecule has 0 radical (unpaired) electrons. The summed E-state index contributed by atoms with van der Waals surface area (Å²) in [4.78, 5) is 28.8. The van der Waals surface area contributed by atoms with Crippen molar-refractivity contribution in [2.24, 2.45) is 0 Å². The molecule has 0 aliphatic heterocycles. The number of amides is 1. The Morgan fingerprint density at radius 3 is 2.32 bits per heavy atom. The molecule has 0 saturated carbocycles. The van der Waals surface area contributed by atoms with E-state index in [-0.39, 0.29) is 5.56 Å². The van der Waals surface area contributed by atoms with Crippen LogP contribution in [0.1, 0.15) is 87.1 Å². The molecule has 2 rings (SSSR count). The van der Waals surface area contributed by atoms with E-state index >= 15 is 0 Å². The molecule has 6 nitrogen and oxygen atoms in total. The van der Waals surface area contributed by atoms with Gasteiger partial charge in [0.1, 0.15) is 5.65 Å². The first-order chi connectivity index (χ1) is 13.5. The van der Waals surface area contributed by atoms with Crippen molar-refractivity contribution < 1.29 is 9.90 Å². The molecule has 0 bridgehead atoms. The quantitative estimate of drug-likeness (QED) is 0.530. The largest absolute Gasteiger partial charge is 0.493 e. The molecular weight excluding hydrogens is 354 g/mol. The number of aryl methyl sites for hydroxylation is 1. The Labute approximate surface area is 167 Å². The Morgan fingerprint density at radius 2 is 1.68 bits per heavy atom. The number of aromatic nitrogens is 2. The fourth-order valence-electron chi connectivity index (χ4n) is 3.33. The van der Waals surface area contributed by atoms with Crippen LogP contribution in [0.2, 0.25) is 0 Å². The van der Waals surface area contributed by atoms with E-state index in [4.69, 9.17) is 0 Å². The summed E-state index contributed by atoms with van der Waals surface area (Å²) in [6, 6.07) is 3.45. The molecule has 2 aromatic rings. The van der Waals surface area contributed by atoms with E-state index in [2.05, 4.69) is 17.2 Å². The summed E-state index contributed by atoms with van der Waals surface area (Å²) in [6.07, 6.45) is 13.8. The molecule has 0 aliphatic rings. The van der Waals surface area contributed by atoms with Crippen molar-refractivity contribution in [1.29, 1.82) is 0 Å². The minimum absolute atomic E-state index is 0.298. The molecule has 0 atom stereocenters. The SMILES string of the molecule is CCCCCCCCCCCCNC(=O)c1c(O)nc2cc(C)ccn2c1=O. The van der Waals surface area contributed by atoms with Crippen LogP contribution in [0.15, 0.2) is 23.1 Å².